The van der Waals surface area contributed by atoms with Gasteiger partial charge in [0, 0.05) is 19.2 Å². The third-order valence-electron chi connectivity index (χ3n) is 4.53. The summed E-state index contributed by atoms with van der Waals surface area (Å²) in [4.78, 5) is 38.4. The predicted molar refractivity (Wildman–Crippen MR) is 105 cm³/mol. The maximum absolute atomic E-state index is 12.4. The van der Waals surface area contributed by atoms with Crippen LogP contribution >= 0.6 is 0 Å². The normalized spacial score (nSPS) is 14.9. The second-order valence-electron chi connectivity index (χ2n) is 7.84. The Morgan fingerprint density at radius 3 is 2.28 bits per heavy atom. The standard InChI is InChI=1S/C21H29NO7/c1-21(2,3)29-20(25)22-10-8-14(9-11-22)19(24)28-13-17(23)16-7-6-15(26-4)12-18(16)27-5/h6-7,12,14H,8-11,13H2,1-5H3. The molecule has 1 aromatic carbocycles. The molecule has 0 spiro atoms. The zero-order valence-electron chi connectivity index (χ0n) is 17.6. The Hall–Kier alpha value is -2.77. The Labute approximate surface area is 171 Å². The van der Waals surface area contributed by atoms with Gasteiger partial charge in [-0.25, -0.2) is 4.79 Å². The molecule has 0 unspecified atom stereocenters. The molecule has 0 atom stereocenters. The average molecular weight is 407 g/mol. The molecule has 0 N–H and O–H groups in total. The fourth-order valence-electron chi connectivity index (χ4n) is 2.99. The molecular weight excluding hydrogens is 378 g/mol. The smallest absolute Gasteiger partial charge is 0.410 e. The lowest BCUT2D eigenvalue weighted by Gasteiger charge is -2.32. The number of amides is 1. The Morgan fingerprint density at radius 1 is 1.07 bits per heavy atom. The molecule has 160 valence electrons. The van der Waals surface area contributed by atoms with Gasteiger partial charge in [0.15, 0.2) is 6.61 Å². The van der Waals surface area contributed by atoms with Gasteiger partial charge in [0.1, 0.15) is 17.1 Å². The predicted octanol–water partition coefficient (Wildman–Crippen LogP) is 3.08. The summed E-state index contributed by atoms with van der Waals surface area (Å²) in [6, 6.07) is 4.82. The molecule has 1 aliphatic heterocycles. The molecule has 0 bridgehead atoms. The van der Waals surface area contributed by atoms with Gasteiger partial charge in [-0.3, -0.25) is 9.59 Å². The topological polar surface area (TPSA) is 91.4 Å². The van der Waals surface area contributed by atoms with Gasteiger partial charge in [0.25, 0.3) is 0 Å². The van der Waals surface area contributed by atoms with Crippen LogP contribution in [0.25, 0.3) is 0 Å². The number of esters is 1. The summed E-state index contributed by atoms with van der Waals surface area (Å²) in [5, 5.41) is 0. The number of ketones is 1. The molecule has 1 amide bonds. The van der Waals surface area contributed by atoms with Crippen molar-refractivity contribution in [1.82, 2.24) is 4.90 Å². The number of piperidine rings is 1. The molecule has 0 aliphatic carbocycles. The largest absolute Gasteiger partial charge is 0.497 e. The van der Waals surface area contributed by atoms with Gasteiger partial charge < -0.3 is 23.8 Å². The first-order valence-corrected chi connectivity index (χ1v) is 9.54. The lowest BCUT2D eigenvalue weighted by Crippen LogP contribution is -2.43. The average Bonchev–Trinajstić information content (AvgIpc) is 2.70. The van der Waals surface area contributed by atoms with Gasteiger partial charge in [-0.1, -0.05) is 0 Å². The van der Waals surface area contributed by atoms with Crippen molar-refractivity contribution in [3.63, 3.8) is 0 Å². The van der Waals surface area contributed by atoms with E-state index in [-0.39, 0.29) is 24.4 Å². The number of carbonyl (C=O) groups excluding carboxylic acids is 3. The zero-order chi connectivity index (χ0) is 21.6. The summed E-state index contributed by atoms with van der Waals surface area (Å²) >= 11 is 0. The Balaban J connectivity index is 1.85. The highest BCUT2D eigenvalue weighted by atomic mass is 16.6. The maximum Gasteiger partial charge on any atom is 0.410 e. The molecule has 0 aromatic heterocycles. The monoisotopic (exact) mass is 407 g/mol. The van der Waals surface area contributed by atoms with Crippen LogP contribution in [0.5, 0.6) is 11.5 Å². The van der Waals surface area contributed by atoms with E-state index in [0.29, 0.717) is 43.0 Å². The van der Waals surface area contributed by atoms with E-state index >= 15 is 0 Å². The van der Waals surface area contributed by atoms with Crippen LogP contribution in [0.4, 0.5) is 4.79 Å². The van der Waals surface area contributed by atoms with Crippen LogP contribution in [0.1, 0.15) is 44.0 Å². The minimum atomic E-state index is -0.560. The number of ether oxygens (including phenoxy) is 4. The first kappa shape index (κ1) is 22.5. The lowest BCUT2D eigenvalue weighted by molar-refractivity contribution is -0.149. The van der Waals surface area contributed by atoms with E-state index in [1.807, 2.05) is 20.8 Å². The Bertz CT molecular complexity index is 746. The fourth-order valence-corrected chi connectivity index (χ4v) is 2.99. The van der Waals surface area contributed by atoms with Gasteiger partial charge in [-0.15, -0.1) is 0 Å². The summed E-state index contributed by atoms with van der Waals surface area (Å²) in [5.74, 6) is -0.221. The number of methoxy groups -OCH3 is 2. The number of carbonyl (C=O) groups is 3. The van der Waals surface area contributed by atoms with Gasteiger partial charge in [0.2, 0.25) is 5.78 Å². The summed E-state index contributed by atoms with van der Waals surface area (Å²) in [5.41, 5.74) is -0.240. The molecule has 1 heterocycles. The van der Waals surface area contributed by atoms with Crippen molar-refractivity contribution in [2.24, 2.45) is 5.92 Å². The minimum Gasteiger partial charge on any atom is -0.497 e. The van der Waals surface area contributed by atoms with E-state index in [1.165, 1.54) is 14.2 Å². The summed E-state index contributed by atoms with van der Waals surface area (Å²) in [6.45, 7) is 5.88. The Kier molecular flexibility index (Phi) is 7.47. The number of rotatable bonds is 6. The lowest BCUT2D eigenvalue weighted by atomic mass is 9.97. The summed E-state index contributed by atoms with van der Waals surface area (Å²) in [6.07, 6.45) is 0.557. The highest BCUT2D eigenvalue weighted by Gasteiger charge is 2.31. The molecule has 0 radical (unpaired) electrons. The van der Waals surface area contributed by atoms with E-state index in [1.54, 1.807) is 23.1 Å². The Morgan fingerprint density at radius 2 is 1.72 bits per heavy atom. The van der Waals surface area contributed by atoms with Crippen molar-refractivity contribution in [1.29, 1.82) is 0 Å². The van der Waals surface area contributed by atoms with E-state index in [9.17, 15) is 14.4 Å². The van der Waals surface area contributed by atoms with Crippen LogP contribution in [-0.2, 0) is 14.3 Å². The van der Waals surface area contributed by atoms with Crippen LogP contribution in [0.2, 0.25) is 0 Å². The van der Waals surface area contributed by atoms with E-state index in [4.69, 9.17) is 18.9 Å². The van der Waals surface area contributed by atoms with Gasteiger partial charge in [-0.05, 0) is 45.7 Å². The van der Waals surface area contributed by atoms with Crippen molar-refractivity contribution in [3.8, 4) is 11.5 Å². The van der Waals surface area contributed by atoms with Crippen molar-refractivity contribution in [3.05, 3.63) is 23.8 Å². The number of hydrogen-bond acceptors (Lipinski definition) is 7. The summed E-state index contributed by atoms with van der Waals surface area (Å²) < 4.78 is 20.9. The quantitative estimate of drug-likeness (QED) is 0.529. The third kappa shape index (κ3) is 6.37. The van der Waals surface area contributed by atoms with Gasteiger partial charge in [0.05, 0.1) is 25.7 Å². The number of Topliss-reactive ketones (excluding diaryl/α,β-unsaturated/α-hetero) is 1. The SMILES string of the molecule is COc1ccc(C(=O)COC(=O)C2CCN(C(=O)OC(C)(C)C)CC2)c(OC)c1. The van der Waals surface area contributed by atoms with E-state index in [0.717, 1.165) is 0 Å². The van der Waals surface area contributed by atoms with Gasteiger partial charge in [-0.2, -0.15) is 0 Å². The van der Waals surface area contributed by atoms with Crippen LogP contribution < -0.4 is 9.47 Å². The zero-order valence-corrected chi connectivity index (χ0v) is 17.6. The van der Waals surface area contributed by atoms with E-state index in [2.05, 4.69) is 0 Å². The van der Waals surface area contributed by atoms with Gasteiger partial charge >= 0.3 is 12.1 Å². The molecule has 1 saturated heterocycles. The second-order valence-corrected chi connectivity index (χ2v) is 7.84. The number of hydrogen-bond donors (Lipinski definition) is 0. The fraction of sp³-hybridized carbons (Fsp3) is 0.571. The molecule has 1 aliphatic rings. The second kappa shape index (κ2) is 9.62. The molecule has 2 rings (SSSR count). The van der Waals surface area contributed by atoms with Crippen LogP contribution in [0.3, 0.4) is 0 Å². The molecule has 29 heavy (non-hydrogen) atoms. The van der Waals surface area contributed by atoms with Crippen molar-refractivity contribution in [2.75, 3.05) is 33.9 Å². The first-order valence-electron chi connectivity index (χ1n) is 9.54. The van der Waals surface area contributed by atoms with Crippen molar-refractivity contribution >= 4 is 17.8 Å². The van der Waals surface area contributed by atoms with Crippen LogP contribution in [0.15, 0.2) is 18.2 Å². The molecular formula is C21H29NO7. The van der Waals surface area contributed by atoms with Crippen LogP contribution in [0, 0.1) is 5.92 Å². The molecule has 8 heteroatoms. The van der Waals surface area contributed by atoms with Crippen molar-refractivity contribution in [2.45, 2.75) is 39.2 Å². The minimum absolute atomic E-state index is 0.320. The number of benzene rings is 1. The maximum atomic E-state index is 12.4. The number of nitrogens with zero attached hydrogens (tertiary/aromatic N) is 1. The molecule has 0 saturated carbocycles. The molecule has 8 nitrogen and oxygen atoms in total. The van der Waals surface area contributed by atoms with E-state index < -0.39 is 11.6 Å². The first-order chi connectivity index (χ1) is 13.6. The van der Waals surface area contributed by atoms with Crippen LogP contribution in [-0.4, -0.2) is 62.3 Å². The van der Waals surface area contributed by atoms with Crippen molar-refractivity contribution < 1.29 is 33.3 Å². The molecule has 1 fully saturated rings. The highest BCUT2D eigenvalue weighted by Crippen LogP contribution is 2.25. The summed E-state index contributed by atoms with van der Waals surface area (Å²) in [7, 11) is 2.97. The number of likely N-dealkylation sites (tertiary alicyclic amines) is 1. The molecule has 1 aromatic rings. The third-order valence-corrected chi connectivity index (χ3v) is 4.53. The highest BCUT2D eigenvalue weighted by molar-refractivity contribution is 6.00.